The van der Waals surface area contributed by atoms with E-state index in [2.05, 4.69) is 61.6 Å². The van der Waals surface area contributed by atoms with E-state index in [4.69, 9.17) is 37.4 Å². The van der Waals surface area contributed by atoms with Crippen LogP contribution in [0.1, 0.15) is 24.0 Å². The monoisotopic (exact) mass is 726 g/mol. The molecule has 0 radical (unpaired) electrons. The normalized spacial score (nSPS) is 18.9. The molecule has 0 unspecified atom stereocenters. The van der Waals surface area contributed by atoms with Crippen LogP contribution in [-0.4, -0.2) is 66.2 Å². The smallest absolute Gasteiger partial charge is 0.224 e. The number of ether oxygens (including phenoxy) is 3. The van der Waals surface area contributed by atoms with Crippen LogP contribution in [0.5, 0.6) is 5.75 Å². The summed E-state index contributed by atoms with van der Waals surface area (Å²) in [5.41, 5.74) is 5.06. The molecule has 1 N–H and O–H groups in total. The van der Waals surface area contributed by atoms with Crippen LogP contribution in [0.4, 0.5) is 17.1 Å². The Balaban J connectivity index is 0.865. The van der Waals surface area contributed by atoms with Crippen molar-refractivity contribution in [3.05, 3.63) is 131 Å². The fourth-order valence-electron chi connectivity index (χ4n) is 6.52. The Morgan fingerprint density at radius 2 is 1.61 bits per heavy atom. The SMILES string of the molecule is O=C(CCCc1ccccc1)Nc1ccc(N2CCN(c3ccc(OC[C@@H]4CO[C@@](Cn5cncn5)(c5ccc(Cl)cc5Cl)O4)cc3)CC2)cc1. The summed E-state index contributed by atoms with van der Waals surface area (Å²) in [5, 5.41) is 8.25. The molecule has 2 fully saturated rings. The van der Waals surface area contributed by atoms with E-state index in [1.165, 1.54) is 11.9 Å². The third kappa shape index (κ3) is 8.83. The van der Waals surface area contributed by atoms with E-state index in [-0.39, 0.29) is 18.6 Å². The molecule has 4 aromatic carbocycles. The Kier molecular flexibility index (Phi) is 11.0. The topological polar surface area (TPSA) is 94.0 Å². The highest BCUT2D eigenvalue weighted by Crippen LogP contribution is 2.40. The van der Waals surface area contributed by atoms with Crippen LogP contribution in [0.3, 0.4) is 0 Å². The first-order valence-corrected chi connectivity index (χ1v) is 17.9. The van der Waals surface area contributed by atoms with Gasteiger partial charge in [-0.3, -0.25) is 4.79 Å². The molecule has 10 nitrogen and oxygen atoms in total. The van der Waals surface area contributed by atoms with Gasteiger partial charge in [0, 0.05) is 60.2 Å². The van der Waals surface area contributed by atoms with Gasteiger partial charge in [0.25, 0.3) is 0 Å². The summed E-state index contributed by atoms with van der Waals surface area (Å²) in [5.74, 6) is -0.357. The van der Waals surface area contributed by atoms with Gasteiger partial charge < -0.3 is 29.3 Å². The van der Waals surface area contributed by atoms with Crippen molar-refractivity contribution in [2.24, 2.45) is 0 Å². The van der Waals surface area contributed by atoms with Crippen LogP contribution in [0.25, 0.3) is 0 Å². The maximum atomic E-state index is 12.5. The minimum atomic E-state index is -1.16. The van der Waals surface area contributed by atoms with Crippen LogP contribution < -0.4 is 19.9 Å². The number of halogens is 2. The zero-order valence-corrected chi connectivity index (χ0v) is 29.7. The van der Waals surface area contributed by atoms with Gasteiger partial charge in [-0.05, 0) is 79.1 Å². The third-order valence-electron chi connectivity index (χ3n) is 9.18. The molecule has 7 rings (SSSR count). The van der Waals surface area contributed by atoms with Crippen LogP contribution >= 0.6 is 23.2 Å². The lowest BCUT2D eigenvalue weighted by Crippen LogP contribution is -2.46. The number of amides is 1. The summed E-state index contributed by atoms with van der Waals surface area (Å²) in [6, 6.07) is 31.8. The maximum absolute atomic E-state index is 12.5. The summed E-state index contributed by atoms with van der Waals surface area (Å²) < 4.78 is 20.5. The van der Waals surface area contributed by atoms with Crippen molar-refractivity contribution in [1.29, 1.82) is 0 Å². The Labute approximate surface area is 307 Å². The minimum Gasteiger partial charge on any atom is -0.491 e. The van der Waals surface area contributed by atoms with E-state index in [1.54, 1.807) is 23.1 Å². The number of carbonyl (C=O) groups is 1. The highest BCUT2D eigenvalue weighted by atomic mass is 35.5. The molecule has 2 aliphatic heterocycles. The van der Waals surface area contributed by atoms with Crippen molar-refractivity contribution in [2.45, 2.75) is 37.7 Å². The predicted octanol–water partition coefficient (Wildman–Crippen LogP) is 7.22. The van der Waals surface area contributed by atoms with Crippen molar-refractivity contribution in [3.8, 4) is 5.75 Å². The summed E-state index contributed by atoms with van der Waals surface area (Å²) in [6.45, 7) is 4.49. The summed E-state index contributed by atoms with van der Waals surface area (Å²) >= 11 is 12.7. The van der Waals surface area contributed by atoms with Gasteiger partial charge in [0.2, 0.25) is 11.7 Å². The minimum absolute atomic E-state index is 0.0468. The average molecular weight is 728 g/mol. The van der Waals surface area contributed by atoms with E-state index in [1.807, 2.05) is 48.5 Å². The Hall–Kier alpha value is -4.61. The second kappa shape index (κ2) is 16.2. The number of nitrogens with one attached hydrogen (secondary N) is 1. The molecule has 2 saturated heterocycles. The lowest BCUT2D eigenvalue weighted by Gasteiger charge is -2.37. The van der Waals surface area contributed by atoms with Gasteiger partial charge in [0.1, 0.15) is 37.7 Å². The molecule has 0 spiro atoms. The highest BCUT2D eigenvalue weighted by Gasteiger charge is 2.45. The van der Waals surface area contributed by atoms with Crippen molar-refractivity contribution in [3.63, 3.8) is 0 Å². The molecule has 5 aromatic rings. The van der Waals surface area contributed by atoms with E-state index in [0.29, 0.717) is 35.2 Å². The summed E-state index contributed by atoms with van der Waals surface area (Å²) in [7, 11) is 0. The number of aromatic nitrogens is 3. The molecule has 3 heterocycles. The molecule has 12 heteroatoms. The van der Waals surface area contributed by atoms with Gasteiger partial charge in [-0.25, -0.2) is 9.67 Å². The van der Waals surface area contributed by atoms with E-state index in [9.17, 15) is 4.79 Å². The molecule has 51 heavy (non-hydrogen) atoms. The maximum Gasteiger partial charge on any atom is 0.224 e. The lowest BCUT2D eigenvalue weighted by atomic mass is 10.1. The second-order valence-corrected chi connectivity index (χ2v) is 13.6. The first-order chi connectivity index (χ1) is 24.9. The molecule has 264 valence electrons. The standard InChI is InChI=1S/C39H40Cl2N6O4/c40-30-9-18-36(37(41)23-30)39(26-47-28-42-27-43-47)50-25-35(51-39)24-49-34-16-14-33(15-17-34)46-21-19-45(20-22-46)32-12-10-31(11-13-32)44-38(48)8-4-7-29-5-2-1-3-6-29/h1-3,5-6,9-18,23,27-28,35H,4,7-8,19-22,24-26H2,(H,44,48)/t35-,39-/m1/s1. The number of hydrogen-bond acceptors (Lipinski definition) is 8. The van der Waals surface area contributed by atoms with Gasteiger partial charge in [0.15, 0.2) is 0 Å². The van der Waals surface area contributed by atoms with Crippen LogP contribution in [0.2, 0.25) is 10.0 Å². The molecule has 1 amide bonds. The zero-order chi connectivity index (χ0) is 35.0. The average Bonchev–Trinajstić information content (AvgIpc) is 3.82. The molecule has 0 bridgehead atoms. The van der Waals surface area contributed by atoms with Gasteiger partial charge in [-0.15, -0.1) is 0 Å². The van der Waals surface area contributed by atoms with Gasteiger partial charge in [0.05, 0.1) is 11.6 Å². The molecular formula is C39H40Cl2N6O4. The molecular weight excluding hydrogens is 687 g/mol. The Bertz CT molecular complexity index is 1870. The fraction of sp³-hybridized carbons (Fsp3) is 0.308. The molecule has 0 aliphatic carbocycles. The highest BCUT2D eigenvalue weighted by molar-refractivity contribution is 6.35. The Morgan fingerprint density at radius 3 is 2.27 bits per heavy atom. The lowest BCUT2D eigenvalue weighted by molar-refractivity contribution is -0.190. The van der Waals surface area contributed by atoms with Crippen molar-refractivity contribution in [1.82, 2.24) is 14.8 Å². The van der Waals surface area contributed by atoms with E-state index >= 15 is 0 Å². The van der Waals surface area contributed by atoms with Crippen LogP contribution in [0.15, 0.2) is 110 Å². The van der Waals surface area contributed by atoms with Gasteiger partial charge >= 0.3 is 0 Å². The number of hydrogen-bond donors (Lipinski definition) is 1. The fourth-order valence-corrected chi connectivity index (χ4v) is 7.08. The molecule has 2 aliphatic rings. The van der Waals surface area contributed by atoms with Crippen LogP contribution in [-0.2, 0) is 33.0 Å². The van der Waals surface area contributed by atoms with E-state index in [0.717, 1.165) is 61.8 Å². The van der Waals surface area contributed by atoms with Crippen molar-refractivity contribution < 1.29 is 19.0 Å². The summed E-state index contributed by atoms with van der Waals surface area (Å²) in [6.07, 6.45) is 4.98. The second-order valence-electron chi connectivity index (χ2n) is 12.7. The van der Waals surface area contributed by atoms with Gasteiger partial charge in [-0.1, -0.05) is 59.6 Å². The number of anilines is 3. The molecule has 2 atom stereocenters. The number of rotatable bonds is 13. The number of nitrogens with zero attached hydrogens (tertiary/aromatic N) is 5. The summed E-state index contributed by atoms with van der Waals surface area (Å²) in [4.78, 5) is 21.3. The zero-order valence-electron chi connectivity index (χ0n) is 28.2. The quantitative estimate of drug-likeness (QED) is 0.136. The molecule has 1 aromatic heterocycles. The molecule has 0 saturated carbocycles. The number of aryl methyl sites for hydroxylation is 1. The third-order valence-corrected chi connectivity index (χ3v) is 9.73. The first-order valence-electron chi connectivity index (χ1n) is 17.2. The first kappa shape index (κ1) is 34.8. The van der Waals surface area contributed by atoms with Crippen LogP contribution in [0, 0.1) is 0 Å². The number of carbonyl (C=O) groups excluding carboxylic acids is 1. The Morgan fingerprint density at radius 1 is 0.902 bits per heavy atom. The predicted molar refractivity (Wildman–Crippen MR) is 200 cm³/mol. The van der Waals surface area contributed by atoms with E-state index < -0.39 is 5.79 Å². The van der Waals surface area contributed by atoms with Gasteiger partial charge in [-0.2, -0.15) is 5.10 Å². The van der Waals surface area contributed by atoms with Crippen molar-refractivity contribution >= 4 is 46.2 Å². The number of benzene rings is 4. The van der Waals surface area contributed by atoms with Crippen molar-refractivity contribution in [2.75, 3.05) is 54.5 Å². The largest absolute Gasteiger partial charge is 0.491 e. The number of piperazine rings is 1.